The fourth-order valence-corrected chi connectivity index (χ4v) is 5.00. The minimum Gasteiger partial charge on any atom is -0.478 e. The minimum atomic E-state index is -0.920. The number of carboxylic acids is 1. The Balaban J connectivity index is 1.37. The molecule has 0 bridgehead atoms. The van der Waals surface area contributed by atoms with Gasteiger partial charge in [0.2, 0.25) is 0 Å². The van der Waals surface area contributed by atoms with Gasteiger partial charge in [0.05, 0.1) is 22.3 Å². The van der Waals surface area contributed by atoms with Crippen molar-refractivity contribution < 1.29 is 9.90 Å². The third kappa shape index (κ3) is 4.45. The summed E-state index contributed by atoms with van der Waals surface area (Å²) in [5.41, 5.74) is 8.04. The van der Waals surface area contributed by atoms with Crippen LogP contribution in [0.1, 0.15) is 41.5 Å². The lowest BCUT2D eigenvalue weighted by Gasteiger charge is -2.11. The Kier molecular flexibility index (Phi) is 6.22. The molecule has 0 radical (unpaired) electrons. The van der Waals surface area contributed by atoms with Crippen LogP contribution in [0.15, 0.2) is 97.3 Å². The molecule has 3 aromatic heterocycles. The molecule has 0 atom stereocenters. The molecule has 6 rings (SSSR count). The summed E-state index contributed by atoms with van der Waals surface area (Å²) in [6, 6.07) is 27.7. The summed E-state index contributed by atoms with van der Waals surface area (Å²) in [7, 11) is 0. The molecule has 0 aliphatic heterocycles. The van der Waals surface area contributed by atoms with Crippen LogP contribution < -0.4 is 0 Å². The Morgan fingerprint density at radius 1 is 0.895 bits per heavy atom. The fraction of sp³-hybridized carbons (Fsp3) is 0.156. The van der Waals surface area contributed by atoms with E-state index >= 15 is 0 Å². The number of nitrogens with zero attached hydrogens (tertiary/aromatic N) is 4. The highest BCUT2D eigenvalue weighted by Crippen LogP contribution is 2.28. The Hall–Kier alpha value is -4.71. The van der Waals surface area contributed by atoms with E-state index < -0.39 is 5.97 Å². The summed E-state index contributed by atoms with van der Waals surface area (Å²) in [4.78, 5) is 21.5. The first-order valence-corrected chi connectivity index (χ1v) is 13.0. The topological polar surface area (TPSA) is 72.4 Å². The summed E-state index contributed by atoms with van der Waals surface area (Å²) in [6.07, 6.45) is 7.17. The molecule has 6 aromatic rings. The van der Waals surface area contributed by atoms with Gasteiger partial charge >= 0.3 is 5.97 Å². The number of fused-ring (bicyclic) bond motifs is 2. The van der Waals surface area contributed by atoms with Crippen molar-refractivity contribution in [3.05, 3.63) is 114 Å². The maximum Gasteiger partial charge on any atom is 0.336 e. The number of pyridine rings is 1. The van der Waals surface area contributed by atoms with Crippen LogP contribution in [-0.4, -0.2) is 30.0 Å². The van der Waals surface area contributed by atoms with Crippen molar-refractivity contribution in [3.63, 3.8) is 0 Å². The van der Waals surface area contributed by atoms with E-state index in [0.29, 0.717) is 12.1 Å². The van der Waals surface area contributed by atoms with Crippen LogP contribution in [0.3, 0.4) is 0 Å². The zero-order valence-electron chi connectivity index (χ0n) is 21.2. The lowest BCUT2D eigenvalue weighted by atomic mass is 9.98. The molecular weight excluding hydrogens is 472 g/mol. The highest BCUT2D eigenvalue weighted by atomic mass is 16.4. The van der Waals surface area contributed by atoms with Gasteiger partial charge in [0.15, 0.2) is 0 Å². The van der Waals surface area contributed by atoms with Crippen LogP contribution in [0.25, 0.3) is 39.1 Å². The molecule has 188 valence electrons. The third-order valence-electron chi connectivity index (χ3n) is 7.00. The molecule has 0 spiro atoms. The maximum atomic E-state index is 11.7. The molecule has 1 N–H and O–H groups in total. The van der Waals surface area contributed by atoms with Crippen LogP contribution >= 0.6 is 0 Å². The van der Waals surface area contributed by atoms with Gasteiger partial charge in [-0.25, -0.2) is 14.8 Å². The van der Waals surface area contributed by atoms with E-state index in [1.54, 1.807) is 12.1 Å². The molecule has 0 saturated carbocycles. The van der Waals surface area contributed by atoms with Crippen molar-refractivity contribution in [2.75, 3.05) is 0 Å². The molecule has 6 heteroatoms. The van der Waals surface area contributed by atoms with Crippen molar-refractivity contribution in [2.24, 2.45) is 0 Å². The number of hydrogen-bond donors (Lipinski definition) is 1. The molecule has 6 nitrogen and oxygen atoms in total. The van der Waals surface area contributed by atoms with Crippen LogP contribution in [0.4, 0.5) is 0 Å². The Bertz CT molecular complexity index is 1730. The largest absolute Gasteiger partial charge is 0.478 e. The van der Waals surface area contributed by atoms with E-state index in [0.717, 1.165) is 69.7 Å². The molecular formula is C32H28N4O2. The number of carbonyl (C=O) groups is 1. The number of aromatic carboxylic acids is 1. The lowest BCUT2D eigenvalue weighted by molar-refractivity contribution is 0.0697. The summed E-state index contributed by atoms with van der Waals surface area (Å²) in [5, 5.41) is 9.58. The normalized spacial score (nSPS) is 11.4. The van der Waals surface area contributed by atoms with Gasteiger partial charge in [-0.1, -0.05) is 67.9 Å². The second-order valence-electron chi connectivity index (χ2n) is 9.56. The average molecular weight is 501 g/mol. The Morgan fingerprint density at radius 2 is 1.68 bits per heavy atom. The minimum absolute atomic E-state index is 0.308. The monoisotopic (exact) mass is 500 g/mol. The van der Waals surface area contributed by atoms with Crippen LogP contribution in [0, 0.1) is 0 Å². The molecule has 0 saturated heterocycles. The van der Waals surface area contributed by atoms with Crippen molar-refractivity contribution >= 4 is 22.6 Å². The number of carboxylic acid groups (broad SMARTS) is 1. The van der Waals surface area contributed by atoms with E-state index in [-0.39, 0.29) is 0 Å². The Labute approximate surface area is 220 Å². The van der Waals surface area contributed by atoms with Gasteiger partial charge in [-0.2, -0.15) is 0 Å². The summed E-state index contributed by atoms with van der Waals surface area (Å²) >= 11 is 0. The molecule has 3 heterocycles. The Morgan fingerprint density at radius 3 is 2.47 bits per heavy atom. The predicted molar refractivity (Wildman–Crippen MR) is 150 cm³/mol. The van der Waals surface area contributed by atoms with Gasteiger partial charge in [0.1, 0.15) is 11.5 Å². The summed E-state index contributed by atoms with van der Waals surface area (Å²) in [6.45, 7) is 2.88. The van der Waals surface area contributed by atoms with Gasteiger partial charge in [-0.3, -0.25) is 0 Å². The zero-order valence-corrected chi connectivity index (χ0v) is 21.2. The molecule has 0 fully saturated rings. The van der Waals surface area contributed by atoms with E-state index in [4.69, 9.17) is 9.97 Å². The number of aryl methyl sites for hydroxylation is 1. The van der Waals surface area contributed by atoms with Crippen molar-refractivity contribution in [1.82, 2.24) is 18.9 Å². The molecule has 0 unspecified atom stereocenters. The molecule has 0 amide bonds. The van der Waals surface area contributed by atoms with Crippen LogP contribution in [-0.2, 0) is 13.0 Å². The second-order valence-corrected chi connectivity index (χ2v) is 9.56. The smallest absolute Gasteiger partial charge is 0.336 e. The van der Waals surface area contributed by atoms with Gasteiger partial charge in [-0.15, -0.1) is 0 Å². The number of benzene rings is 3. The fourth-order valence-electron chi connectivity index (χ4n) is 5.00. The number of unbranched alkanes of at least 4 members (excludes halogenated alkanes) is 1. The van der Waals surface area contributed by atoms with E-state index in [1.807, 2.05) is 53.1 Å². The van der Waals surface area contributed by atoms with Crippen LogP contribution in [0.5, 0.6) is 0 Å². The summed E-state index contributed by atoms with van der Waals surface area (Å²) in [5.74, 6) is 0.158. The molecule has 0 aliphatic rings. The SMILES string of the molecule is CCCCc1nc2ccc(-c3cn4ccccc4n3)cc2n1Cc1ccc(-c2ccccc2C(=O)O)cc1. The van der Waals surface area contributed by atoms with Gasteiger partial charge in [0, 0.05) is 30.9 Å². The highest BCUT2D eigenvalue weighted by molar-refractivity contribution is 5.96. The van der Waals surface area contributed by atoms with E-state index in [9.17, 15) is 9.90 Å². The van der Waals surface area contributed by atoms with Crippen LogP contribution in [0.2, 0.25) is 0 Å². The quantitative estimate of drug-likeness (QED) is 0.242. The van der Waals surface area contributed by atoms with Gasteiger partial charge < -0.3 is 14.1 Å². The van der Waals surface area contributed by atoms with Crippen molar-refractivity contribution in [1.29, 1.82) is 0 Å². The van der Waals surface area contributed by atoms with E-state index in [2.05, 4.69) is 48.0 Å². The van der Waals surface area contributed by atoms with Crippen molar-refractivity contribution in [3.8, 4) is 22.4 Å². The third-order valence-corrected chi connectivity index (χ3v) is 7.00. The first-order chi connectivity index (χ1) is 18.6. The number of imidazole rings is 2. The predicted octanol–water partition coefficient (Wildman–Crippen LogP) is 7.11. The summed E-state index contributed by atoms with van der Waals surface area (Å²) < 4.78 is 4.35. The number of hydrogen-bond acceptors (Lipinski definition) is 3. The second kappa shape index (κ2) is 9.98. The average Bonchev–Trinajstić information content (AvgIpc) is 3.53. The van der Waals surface area contributed by atoms with E-state index in [1.165, 1.54) is 0 Å². The first-order valence-electron chi connectivity index (χ1n) is 13.0. The molecule has 0 aliphatic carbocycles. The van der Waals surface area contributed by atoms with Gasteiger partial charge in [-0.05, 0) is 53.4 Å². The maximum absolute atomic E-state index is 11.7. The number of aromatic nitrogens is 4. The lowest BCUT2D eigenvalue weighted by Crippen LogP contribution is -2.05. The number of rotatable bonds is 8. The molecule has 38 heavy (non-hydrogen) atoms. The highest BCUT2D eigenvalue weighted by Gasteiger charge is 2.15. The standard InChI is InChI=1S/C32H28N4O2/c1-2-3-10-31-33-27-17-16-24(28-21-35-18-7-6-11-30(35)34-28)19-29(27)36(31)20-22-12-14-23(15-13-22)25-8-4-5-9-26(25)32(37)38/h4-9,11-19,21H,2-3,10,20H2,1H3,(H,37,38). The van der Waals surface area contributed by atoms with Gasteiger partial charge in [0.25, 0.3) is 0 Å². The van der Waals surface area contributed by atoms with Crippen molar-refractivity contribution in [2.45, 2.75) is 32.7 Å². The zero-order chi connectivity index (χ0) is 26.1. The first kappa shape index (κ1) is 23.7. The molecule has 3 aromatic carbocycles.